The molecular formula is C13H16FNO2. The molecule has 4 heteroatoms. The maximum Gasteiger partial charge on any atom is 0.150 e. The standard InChI is InChI=1S/C13H16FNO2/c1-17-9-10-2-3-15(7-10)13-5-11(8-16)4-12(14)6-13/h4-6,8,10H,2-3,7,9H2,1H3. The molecule has 1 saturated heterocycles. The Balaban J connectivity index is 2.12. The van der Waals surface area contributed by atoms with Crippen molar-refractivity contribution >= 4 is 12.0 Å². The quantitative estimate of drug-likeness (QED) is 0.751. The van der Waals surface area contributed by atoms with Gasteiger partial charge < -0.3 is 9.64 Å². The van der Waals surface area contributed by atoms with Crippen LogP contribution in [0.4, 0.5) is 10.1 Å². The molecule has 1 aliphatic rings. The summed E-state index contributed by atoms with van der Waals surface area (Å²) in [5.41, 5.74) is 1.17. The van der Waals surface area contributed by atoms with Crippen LogP contribution in [-0.4, -0.2) is 33.1 Å². The number of halogens is 1. The predicted octanol–water partition coefficient (Wildman–Crippen LogP) is 2.11. The molecule has 1 aromatic rings. The first-order valence-electron chi connectivity index (χ1n) is 5.72. The van der Waals surface area contributed by atoms with Gasteiger partial charge in [-0.3, -0.25) is 4.79 Å². The minimum absolute atomic E-state index is 0.361. The van der Waals surface area contributed by atoms with Crippen molar-refractivity contribution in [2.24, 2.45) is 5.92 Å². The Bertz CT molecular complexity index is 408. The zero-order valence-electron chi connectivity index (χ0n) is 9.86. The van der Waals surface area contributed by atoms with Crippen LogP contribution in [0, 0.1) is 11.7 Å². The van der Waals surface area contributed by atoms with E-state index in [2.05, 4.69) is 4.90 Å². The number of hydrogen-bond acceptors (Lipinski definition) is 3. The Morgan fingerprint density at radius 1 is 1.53 bits per heavy atom. The lowest BCUT2D eigenvalue weighted by Crippen LogP contribution is -2.21. The third-order valence-electron chi connectivity index (χ3n) is 3.09. The number of hydrogen-bond donors (Lipinski definition) is 0. The lowest BCUT2D eigenvalue weighted by molar-refractivity contribution is 0.112. The minimum Gasteiger partial charge on any atom is -0.384 e. The molecule has 0 saturated carbocycles. The van der Waals surface area contributed by atoms with Gasteiger partial charge in [-0.2, -0.15) is 0 Å². The van der Waals surface area contributed by atoms with Gasteiger partial charge in [-0.05, 0) is 24.6 Å². The molecule has 0 bridgehead atoms. The van der Waals surface area contributed by atoms with E-state index in [9.17, 15) is 9.18 Å². The van der Waals surface area contributed by atoms with E-state index in [0.29, 0.717) is 17.8 Å². The summed E-state index contributed by atoms with van der Waals surface area (Å²) >= 11 is 0. The highest BCUT2D eigenvalue weighted by molar-refractivity contribution is 5.77. The van der Waals surface area contributed by atoms with Gasteiger partial charge in [0.15, 0.2) is 0 Å². The number of carbonyl (C=O) groups excluding carboxylic acids is 1. The highest BCUT2D eigenvalue weighted by atomic mass is 19.1. The molecule has 92 valence electrons. The van der Waals surface area contributed by atoms with Crippen molar-refractivity contribution in [3.05, 3.63) is 29.6 Å². The van der Waals surface area contributed by atoms with E-state index in [1.165, 1.54) is 12.1 Å². The smallest absolute Gasteiger partial charge is 0.150 e. The minimum atomic E-state index is -0.361. The van der Waals surface area contributed by atoms with Gasteiger partial charge in [0.2, 0.25) is 0 Å². The van der Waals surface area contributed by atoms with E-state index in [1.807, 2.05) is 0 Å². The normalized spacial score (nSPS) is 19.6. The topological polar surface area (TPSA) is 29.5 Å². The van der Waals surface area contributed by atoms with Crippen molar-refractivity contribution in [1.82, 2.24) is 0 Å². The summed E-state index contributed by atoms with van der Waals surface area (Å²) in [6.45, 7) is 2.47. The van der Waals surface area contributed by atoms with Crippen molar-refractivity contribution in [3.8, 4) is 0 Å². The molecule has 2 rings (SSSR count). The first kappa shape index (κ1) is 12.0. The summed E-state index contributed by atoms with van der Waals surface area (Å²) in [5, 5.41) is 0. The Hall–Kier alpha value is -1.42. The van der Waals surface area contributed by atoms with E-state index in [4.69, 9.17) is 4.74 Å². The SMILES string of the molecule is COCC1CCN(c2cc(F)cc(C=O)c2)C1. The molecule has 0 aromatic heterocycles. The van der Waals surface area contributed by atoms with Crippen molar-refractivity contribution in [2.75, 3.05) is 31.7 Å². The van der Waals surface area contributed by atoms with Gasteiger partial charge in [0, 0.05) is 37.4 Å². The Morgan fingerprint density at radius 2 is 2.35 bits per heavy atom. The van der Waals surface area contributed by atoms with Gasteiger partial charge in [0.1, 0.15) is 12.1 Å². The summed E-state index contributed by atoms with van der Waals surface area (Å²) < 4.78 is 18.4. The highest BCUT2D eigenvalue weighted by Gasteiger charge is 2.23. The number of carbonyl (C=O) groups is 1. The second-order valence-corrected chi connectivity index (χ2v) is 4.42. The average Bonchev–Trinajstić information content (AvgIpc) is 2.77. The summed E-state index contributed by atoms with van der Waals surface area (Å²) in [7, 11) is 1.69. The van der Waals surface area contributed by atoms with Crippen LogP contribution in [0.1, 0.15) is 16.8 Å². The van der Waals surface area contributed by atoms with E-state index >= 15 is 0 Å². The first-order valence-corrected chi connectivity index (χ1v) is 5.72. The zero-order valence-corrected chi connectivity index (χ0v) is 9.86. The molecule has 1 aromatic carbocycles. The van der Waals surface area contributed by atoms with Gasteiger partial charge in [0.25, 0.3) is 0 Å². The molecule has 1 fully saturated rings. The summed E-state index contributed by atoms with van der Waals surface area (Å²) in [4.78, 5) is 12.8. The van der Waals surface area contributed by atoms with Crippen molar-refractivity contribution in [2.45, 2.75) is 6.42 Å². The monoisotopic (exact) mass is 237 g/mol. The largest absolute Gasteiger partial charge is 0.384 e. The van der Waals surface area contributed by atoms with Gasteiger partial charge in [-0.1, -0.05) is 0 Å². The molecule has 0 radical (unpaired) electrons. The molecular weight excluding hydrogens is 221 g/mol. The fourth-order valence-electron chi connectivity index (χ4n) is 2.29. The molecule has 1 atom stereocenters. The number of rotatable bonds is 4. The maximum atomic E-state index is 13.3. The van der Waals surface area contributed by atoms with Crippen LogP contribution in [0.5, 0.6) is 0 Å². The number of benzene rings is 1. The van der Waals surface area contributed by atoms with E-state index < -0.39 is 0 Å². The second-order valence-electron chi connectivity index (χ2n) is 4.42. The van der Waals surface area contributed by atoms with Crippen LogP contribution < -0.4 is 4.90 Å². The fourth-order valence-corrected chi connectivity index (χ4v) is 2.29. The Labute approximate surface area is 100 Å². The molecule has 0 aliphatic carbocycles. The van der Waals surface area contributed by atoms with Crippen LogP contribution >= 0.6 is 0 Å². The Kier molecular flexibility index (Phi) is 3.74. The average molecular weight is 237 g/mol. The number of anilines is 1. The van der Waals surface area contributed by atoms with Gasteiger partial charge in [-0.15, -0.1) is 0 Å². The summed E-state index contributed by atoms with van der Waals surface area (Å²) in [5.74, 6) is 0.128. The first-order chi connectivity index (χ1) is 8.22. The van der Waals surface area contributed by atoms with Crippen molar-refractivity contribution < 1.29 is 13.9 Å². The van der Waals surface area contributed by atoms with Crippen LogP contribution in [0.25, 0.3) is 0 Å². The molecule has 1 aliphatic heterocycles. The highest BCUT2D eigenvalue weighted by Crippen LogP contribution is 2.25. The maximum absolute atomic E-state index is 13.3. The third kappa shape index (κ3) is 2.82. The van der Waals surface area contributed by atoms with Gasteiger partial charge >= 0.3 is 0 Å². The molecule has 3 nitrogen and oxygen atoms in total. The zero-order chi connectivity index (χ0) is 12.3. The summed E-state index contributed by atoms with van der Waals surface area (Å²) in [6, 6.07) is 4.45. The van der Waals surface area contributed by atoms with Crippen LogP contribution in [0.3, 0.4) is 0 Å². The van der Waals surface area contributed by atoms with Gasteiger partial charge in [-0.25, -0.2) is 4.39 Å². The molecule has 17 heavy (non-hydrogen) atoms. The second kappa shape index (κ2) is 5.27. The number of nitrogens with zero attached hydrogens (tertiary/aromatic N) is 1. The van der Waals surface area contributed by atoms with Crippen molar-refractivity contribution in [3.63, 3.8) is 0 Å². The van der Waals surface area contributed by atoms with Gasteiger partial charge in [0.05, 0.1) is 6.61 Å². The molecule has 0 amide bonds. The lowest BCUT2D eigenvalue weighted by Gasteiger charge is -2.19. The fraction of sp³-hybridized carbons (Fsp3) is 0.462. The Morgan fingerprint density at radius 3 is 3.06 bits per heavy atom. The van der Waals surface area contributed by atoms with Crippen LogP contribution in [-0.2, 0) is 4.74 Å². The number of aldehydes is 1. The van der Waals surface area contributed by atoms with E-state index in [1.54, 1.807) is 13.2 Å². The molecule has 1 unspecified atom stereocenters. The number of methoxy groups -OCH3 is 1. The molecule has 0 N–H and O–H groups in total. The number of ether oxygens (including phenoxy) is 1. The molecule has 1 heterocycles. The lowest BCUT2D eigenvalue weighted by atomic mass is 10.1. The third-order valence-corrected chi connectivity index (χ3v) is 3.09. The van der Waals surface area contributed by atoms with Crippen LogP contribution in [0.15, 0.2) is 18.2 Å². The summed E-state index contributed by atoms with van der Waals surface area (Å²) in [6.07, 6.45) is 1.72. The van der Waals surface area contributed by atoms with E-state index in [-0.39, 0.29) is 5.82 Å². The van der Waals surface area contributed by atoms with E-state index in [0.717, 1.165) is 31.8 Å². The van der Waals surface area contributed by atoms with Crippen molar-refractivity contribution in [1.29, 1.82) is 0 Å². The van der Waals surface area contributed by atoms with Crippen LogP contribution in [0.2, 0.25) is 0 Å². The predicted molar refractivity (Wildman–Crippen MR) is 64.0 cm³/mol. The molecule has 0 spiro atoms.